The van der Waals surface area contributed by atoms with Crippen LogP contribution >= 0.6 is 57.6 Å². The highest BCUT2D eigenvalue weighted by atomic mass is 35.5. The van der Waals surface area contributed by atoms with Crippen molar-refractivity contribution in [1.29, 1.82) is 5.26 Å². The number of thiophene rings is 2. The molecule has 2 aromatic heterocycles. The van der Waals surface area contributed by atoms with Gasteiger partial charge < -0.3 is 0 Å². The Morgan fingerprint density at radius 3 is 1.82 bits per heavy atom. The highest BCUT2D eigenvalue weighted by molar-refractivity contribution is 8.13. The maximum absolute atomic E-state index is 12.7. The van der Waals surface area contributed by atoms with Gasteiger partial charge in [-0.1, -0.05) is 47.1 Å². The lowest BCUT2D eigenvalue weighted by Gasteiger charge is -2.25. The summed E-state index contributed by atoms with van der Waals surface area (Å²) in [6.45, 7) is 6.55. The van der Waals surface area contributed by atoms with Crippen molar-refractivity contribution >= 4 is 101 Å². The molecule has 4 aromatic rings. The van der Waals surface area contributed by atoms with Crippen molar-refractivity contribution in [2.45, 2.75) is 55.5 Å². The minimum Gasteiger partial charge on any atom is -0.261 e. The number of nitrogens with zero attached hydrogens (tertiary/aromatic N) is 7. The third-order valence-electron chi connectivity index (χ3n) is 7.17. The van der Waals surface area contributed by atoms with Gasteiger partial charge in [-0.2, -0.15) is 38.1 Å². The minimum absolute atomic E-state index is 0.0324. The Bertz CT molecular complexity index is 2190. The molecule has 2 atom stereocenters. The Labute approximate surface area is 345 Å². The zero-order valence-corrected chi connectivity index (χ0v) is 36.0. The number of thioether (sulfide) groups is 1. The second-order valence-corrected chi connectivity index (χ2v) is 17.4. The maximum Gasteiger partial charge on any atom is 0.264 e. The van der Waals surface area contributed by atoms with E-state index < -0.39 is 20.0 Å². The second-order valence-electron chi connectivity index (χ2n) is 10.9. The van der Waals surface area contributed by atoms with E-state index in [2.05, 4.69) is 48.7 Å². The van der Waals surface area contributed by atoms with Gasteiger partial charge >= 0.3 is 0 Å². The molecule has 0 radical (unpaired) electrons. The molecule has 0 saturated carbocycles. The fraction of sp³-hybridized carbons (Fsp3) is 0.286. The van der Waals surface area contributed by atoms with Gasteiger partial charge in [0.15, 0.2) is 5.17 Å². The molecule has 4 heterocycles. The summed E-state index contributed by atoms with van der Waals surface area (Å²) < 4.78 is 49.3. The SMILES string of the molecule is CC#N.CCN=C(NS(=O)(=O)c1cccc(Cl)c1)N1N=CCC1c1ccsc1.CCN=C(SC)N1N=CCC1c1ccsc1.NS(=O)(=O)c1cccc(Cl)c1. The fourth-order valence-corrected chi connectivity index (χ4v) is 8.98. The van der Waals surface area contributed by atoms with E-state index in [0.717, 1.165) is 23.7 Å². The molecule has 6 rings (SSSR count). The van der Waals surface area contributed by atoms with Gasteiger partial charge in [-0.05, 0) is 101 Å². The molecule has 2 aromatic carbocycles. The first-order valence-electron chi connectivity index (χ1n) is 16.5. The van der Waals surface area contributed by atoms with Gasteiger partial charge in [-0.15, -0.1) is 0 Å². The van der Waals surface area contributed by atoms with Crippen LogP contribution in [0.5, 0.6) is 0 Å². The van der Waals surface area contributed by atoms with Crippen LogP contribution < -0.4 is 9.86 Å². The van der Waals surface area contributed by atoms with Crippen molar-refractivity contribution < 1.29 is 16.8 Å². The second kappa shape index (κ2) is 22.7. The summed E-state index contributed by atoms with van der Waals surface area (Å²) >= 11 is 16.4. The first-order valence-corrected chi connectivity index (χ1v) is 23.4. The molecule has 13 nitrogen and oxygen atoms in total. The number of rotatable bonds is 7. The van der Waals surface area contributed by atoms with Crippen molar-refractivity contribution in [3.8, 4) is 6.07 Å². The molecule has 0 spiro atoms. The van der Waals surface area contributed by atoms with Crippen LogP contribution in [0.2, 0.25) is 10.0 Å². The van der Waals surface area contributed by atoms with Crippen LogP contribution in [0.1, 0.15) is 56.8 Å². The first kappa shape index (κ1) is 45.6. The minimum atomic E-state index is -3.81. The largest absolute Gasteiger partial charge is 0.264 e. The number of halogens is 2. The molecule has 294 valence electrons. The molecule has 0 aliphatic carbocycles. The number of aliphatic imine (C=N–C) groups is 2. The summed E-state index contributed by atoms with van der Waals surface area (Å²) in [7, 11) is -7.42. The molecule has 3 N–H and O–H groups in total. The Morgan fingerprint density at radius 2 is 1.38 bits per heavy atom. The van der Waals surface area contributed by atoms with Crippen molar-refractivity contribution in [3.63, 3.8) is 0 Å². The molecule has 0 fully saturated rings. The van der Waals surface area contributed by atoms with Crippen molar-refractivity contribution in [3.05, 3.63) is 103 Å². The van der Waals surface area contributed by atoms with Gasteiger partial charge in [0.05, 0.1) is 27.9 Å². The first-order chi connectivity index (χ1) is 26.3. The number of nitrogens with two attached hydrogens (primary N) is 1. The van der Waals surface area contributed by atoms with E-state index in [4.69, 9.17) is 33.6 Å². The number of hydrogen-bond acceptors (Lipinski definition) is 12. The zero-order valence-electron chi connectivity index (χ0n) is 30.4. The van der Waals surface area contributed by atoms with E-state index in [1.807, 2.05) is 41.2 Å². The molecule has 55 heavy (non-hydrogen) atoms. The number of nitrogens with one attached hydrogen (secondary N) is 1. The van der Waals surface area contributed by atoms with Gasteiger partial charge in [0.2, 0.25) is 16.0 Å². The summed E-state index contributed by atoms with van der Waals surface area (Å²) in [6.07, 6.45) is 7.45. The van der Waals surface area contributed by atoms with Crippen LogP contribution in [0.4, 0.5) is 0 Å². The highest BCUT2D eigenvalue weighted by Gasteiger charge is 2.30. The fourth-order valence-electron chi connectivity index (χ4n) is 4.82. The van der Waals surface area contributed by atoms with Gasteiger partial charge in [0.25, 0.3) is 10.0 Å². The summed E-state index contributed by atoms with van der Waals surface area (Å²) in [5, 5.41) is 34.6. The lowest BCUT2D eigenvalue weighted by molar-refractivity contribution is 0.361. The third-order valence-corrected chi connectivity index (χ3v) is 12.0. The quantitative estimate of drug-likeness (QED) is 0.137. The monoisotopic (exact) mass is 881 g/mol. The lowest BCUT2D eigenvalue weighted by atomic mass is 10.1. The Balaban J connectivity index is 0.000000231. The van der Waals surface area contributed by atoms with Crippen LogP contribution in [0.25, 0.3) is 0 Å². The molecule has 2 aliphatic heterocycles. The van der Waals surface area contributed by atoms with Crippen LogP contribution in [-0.4, -0.2) is 69.8 Å². The van der Waals surface area contributed by atoms with Crippen LogP contribution in [0.15, 0.2) is 112 Å². The number of primary sulfonamides is 1. The van der Waals surface area contributed by atoms with E-state index in [1.54, 1.807) is 69.9 Å². The van der Waals surface area contributed by atoms with Gasteiger partial charge in [0, 0.05) is 55.3 Å². The normalized spacial score (nSPS) is 16.6. The molecule has 0 bridgehead atoms. The van der Waals surface area contributed by atoms with Crippen LogP contribution in [0, 0.1) is 11.3 Å². The molecule has 2 aliphatic rings. The Hall–Kier alpha value is -3.80. The van der Waals surface area contributed by atoms with E-state index >= 15 is 0 Å². The summed E-state index contributed by atoms with van der Waals surface area (Å²) in [4.78, 5) is 8.90. The molecular formula is C35H41Cl2N9O4S5. The molecule has 0 saturated heterocycles. The standard InChI is InChI=1S/C16H17ClN4O2S2.C11H15N3S2.C6H6ClNO2S.C2H3N/c1-2-18-16(20-25(22,23)14-5-3-4-13(17)10-14)21-15(6-8-19-21)12-7-9-24-11-12;1-3-12-11(15-2)14-10(4-6-13-14)9-5-7-16-8-9;7-5-2-1-3-6(4-5)11(8,9)10;1-2-3/h3-5,7-11,15H,2,6H2,1H3,(H,18,20);5-8,10H,3-4H2,1-2H3;1-4H,(H2,8,9,10);1H3. The molecule has 0 amide bonds. The predicted octanol–water partition coefficient (Wildman–Crippen LogP) is 8.23. The number of sulfonamides is 2. The third kappa shape index (κ3) is 14.0. The topological polar surface area (TPSA) is 186 Å². The number of hydrogen-bond donors (Lipinski definition) is 2. The smallest absolute Gasteiger partial charge is 0.261 e. The number of nitriles is 1. The maximum atomic E-state index is 12.7. The average Bonchev–Trinajstić information content (AvgIpc) is 3.99. The van der Waals surface area contributed by atoms with Gasteiger partial charge in [-0.3, -0.25) is 9.98 Å². The number of benzene rings is 2. The summed E-state index contributed by atoms with van der Waals surface area (Å²) in [5.74, 6) is 0.201. The number of amidine groups is 1. The number of hydrazone groups is 2. The van der Waals surface area contributed by atoms with E-state index in [1.165, 1.54) is 42.8 Å². The average molecular weight is 883 g/mol. The van der Waals surface area contributed by atoms with Crippen LogP contribution in [0.3, 0.4) is 0 Å². The highest BCUT2D eigenvalue weighted by Crippen LogP contribution is 2.32. The zero-order chi connectivity index (χ0) is 40.4. The predicted molar refractivity (Wildman–Crippen MR) is 229 cm³/mol. The van der Waals surface area contributed by atoms with Gasteiger partial charge in [0.1, 0.15) is 0 Å². The van der Waals surface area contributed by atoms with E-state index in [-0.39, 0.29) is 21.8 Å². The molecular weight excluding hydrogens is 842 g/mol. The molecule has 20 heteroatoms. The van der Waals surface area contributed by atoms with Crippen LogP contribution in [-0.2, 0) is 20.0 Å². The number of guanidine groups is 1. The van der Waals surface area contributed by atoms with Crippen molar-refractivity contribution in [1.82, 2.24) is 14.7 Å². The Morgan fingerprint density at radius 1 is 0.891 bits per heavy atom. The lowest BCUT2D eigenvalue weighted by Crippen LogP contribution is -2.42. The van der Waals surface area contributed by atoms with E-state index in [9.17, 15) is 16.8 Å². The summed E-state index contributed by atoms with van der Waals surface area (Å²) in [5.41, 5.74) is 2.41. The summed E-state index contributed by atoms with van der Waals surface area (Å²) in [6, 6.07) is 18.1. The Kier molecular flexibility index (Phi) is 18.8. The molecule has 2 unspecified atom stereocenters. The van der Waals surface area contributed by atoms with Crippen molar-refractivity contribution in [2.24, 2.45) is 25.3 Å². The van der Waals surface area contributed by atoms with Crippen molar-refractivity contribution in [2.75, 3.05) is 19.3 Å². The van der Waals surface area contributed by atoms with E-state index in [0.29, 0.717) is 29.1 Å². The van der Waals surface area contributed by atoms with Gasteiger partial charge in [-0.25, -0.2) is 36.7 Å².